The van der Waals surface area contributed by atoms with Gasteiger partial charge in [-0.3, -0.25) is 24.0 Å². The van der Waals surface area contributed by atoms with Crippen LogP contribution >= 0.6 is 11.6 Å². The van der Waals surface area contributed by atoms with E-state index < -0.39 is 41.5 Å². The zero-order valence-electron chi connectivity index (χ0n) is 22.3. The van der Waals surface area contributed by atoms with Crippen LogP contribution in [0.3, 0.4) is 0 Å². The highest BCUT2D eigenvalue weighted by Crippen LogP contribution is 2.23. The van der Waals surface area contributed by atoms with Crippen molar-refractivity contribution in [1.82, 2.24) is 21.3 Å². The maximum Gasteiger partial charge on any atom is 0.289 e. The van der Waals surface area contributed by atoms with Crippen LogP contribution in [0, 0.1) is 22.7 Å². The number of Topliss-reactive ketones (excluding diaryl/α,β-unsaturated/α-hetero) is 1. The fourth-order valence-corrected chi connectivity index (χ4v) is 4.48. The Morgan fingerprint density at radius 1 is 1.15 bits per heavy atom. The number of carbonyl (C=O) groups excluding carboxylic acids is 5. The van der Waals surface area contributed by atoms with Crippen molar-refractivity contribution in [2.45, 2.75) is 71.0 Å². The average Bonchev–Trinajstić information content (AvgIpc) is 3.59. The summed E-state index contributed by atoms with van der Waals surface area (Å²) in [5.74, 6) is -3.53. The summed E-state index contributed by atoms with van der Waals surface area (Å²) < 4.78 is 0. The molecule has 4 N–H and O–H groups in total. The van der Waals surface area contributed by atoms with Gasteiger partial charge in [-0.25, -0.2) is 0 Å². The number of nitriles is 1. The van der Waals surface area contributed by atoms with Crippen LogP contribution in [0.4, 0.5) is 0 Å². The molecule has 0 aromatic heterocycles. The molecule has 1 heterocycles. The molecule has 1 saturated heterocycles. The van der Waals surface area contributed by atoms with Crippen molar-refractivity contribution in [2.75, 3.05) is 6.54 Å². The van der Waals surface area contributed by atoms with Gasteiger partial charge >= 0.3 is 0 Å². The minimum absolute atomic E-state index is 0.0121. The first-order valence-electron chi connectivity index (χ1n) is 13.0. The van der Waals surface area contributed by atoms with Crippen LogP contribution in [-0.4, -0.2) is 54.1 Å². The number of halogens is 1. The smallest absolute Gasteiger partial charge is 0.289 e. The second-order valence-corrected chi connectivity index (χ2v) is 11.6. The molecule has 1 unspecified atom stereocenters. The van der Waals surface area contributed by atoms with E-state index in [1.54, 1.807) is 12.1 Å². The van der Waals surface area contributed by atoms with E-state index in [4.69, 9.17) is 16.9 Å². The van der Waals surface area contributed by atoms with E-state index in [1.165, 1.54) is 18.2 Å². The predicted molar refractivity (Wildman–Crippen MR) is 145 cm³/mol. The van der Waals surface area contributed by atoms with Gasteiger partial charge in [0.05, 0.1) is 17.7 Å². The van der Waals surface area contributed by atoms with Gasteiger partial charge in [0.2, 0.25) is 23.5 Å². The number of nitrogens with zero attached hydrogens (tertiary/aromatic N) is 1. The third-order valence-corrected chi connectivity index (χ3v) is 6.77. The number of hydrogen-bond acceptors (Lipinski definition) is 6. The highest BCUT2D eigenvalue weighted by atomic mass is 35.5. The van der Waals surface area contributed by atoms with Crippen LogP contribution in [0.1, 0.15) is 64.0 Å². The Labute approximate surface area is 232 Å². The zero-order valence-corrected chi connectivity index (χ0v) is 23.1. The minimum Gasteiger partial charge on any atom is -0.356 e. The predicted octanol–water partition coefficient (Wildman–Crippen LogP) is 2.00. The molecule has 1 aromatic rings. The molecule has 10 nitrogen and oxygen atoms in total. The standard InChI is InChI=1S/C28H34ClN5O5/c1-28(2,3)14-22(33-23(35)9-6-17-5-4-16(15-30)12-20(17)29)26(38)34-21(13-18-10-11-31-25(18)37)24(36)27(39)32-19-7-8-19/h4-6,9,12,18-19,21-22H,7-8,10-11,13-14H2,1-3H3,(H,31,37)(H,32,39)(H,33,35)(H,34,38)/b9-6+/t18-,21?,22-/m0/s1. The molecule has 2 aliphatic rings. The molecule has 1 aliphatic heterocycles. The molecule has 0 radical (unpaired) electrons. The number of hydrogen-bond donors (Lipinski definition) is 4. The van der Waals surface area contributed by atoms with Crippen molar-refractivity contribution < 1.29 is 24.0 Å². The Kier molecular flexibility index (Phi) is 9.86. The van der Waals surface area contributed by atoms with Gasteiger partial charge in [-0.1, -0.05) is 38.4 Å². The molecule has 4 amide bonds. The number of ketones is 1. The Hall–Kier alpha value is -3.71. The van der Waals surface area contributed by atoms with E-state index in [9.17, 15) is 24.0 Å². The van der Waals surface area contributed by atoms with Gasteiger partial charge < -0.3 is 21.3 Å². The zero-order chi connectivity index (χ0) is 28.7. The summed E-state index contributed by atoms with van der Waals surface area (Å²) in [6.07, 6.45) is 5.01. The van der Waals surface area contributed by atoms with Gasteiger partial charge in [0, 0.05) is 29.6 Å². The monoisotopic (exact) mass is 555 g/mol. The van der Waals surface area contributed by atoms with Crippen molar-refractivity contribution in [3.05, 3.63) is 40.4 Å². The quantitative estimate of drug-likeness (QED) is 0.241. The summed E-state index contributed by atoms with van der Waals surface area (Å²) in [6.45, 7) is 6.17. The van der Waals surface area contributed by atoms with E-state index in [1.807, 2.05) is 26.8 Å². The SMILES string of the molecule is CC(C)(C)C[C@H](NC(=O)/C=C/c1ccc(C#N)cc1Cl)C(=O)NC(C[C@@H]1CCNC1=O)C(=O)C(=O)NC1CC1. The van der Waals surface area contributed by atoms with Gasteiger partial charge in [0.25, 0.3) is 5.91 Å². The summed E-state index contributed by atoms with van der Waals surface area (Å²) in [5, 5.41) is 19.9. The second-order valence-electron chi connectivity index (χ2n) is 11.2. The van der Waals surface area contributed by atoms with Crippen molar-refractivity contribution in [3.63, 3.8) is 0 Å². The summed E-state index contributed by atoms with van der Waals surface area (Å²) in [6, 6.07) is 4.37. The van der Waals surface area contributed by atoms with Gasteiger partial charge in [0.1, 0.15) is 6.04 Å². The molecule has 208 valence electrons. The van der Waals surface area contributed by atoms with Crippen molar-refractivity contribution in [2.24, 2.45) is 11.3 Å². The largest absolute Gasteiger partial charge is 0.356 e. The van der Waals surface area contributed by atoms with E-state index in [2.05, 4.69) is 21.3 Å². The van der Waals surface area contributed by atoms with Crippen molar-refractivity contribution in [1.29, 1.82) is 5.26 Å². The summed E-state index contributed by atoms with van der Waals surface area (Å²) >= 11 is 6.17. The highest BCUT2D eigenvalue weighted by molar-refractivity contribution is 6.38. The summed E-state index contributed by atoms with van der Waals surface area (Å²) in [7, 11) is 0. The van der Waals surface area contributed by atoms with E-state index >= 15 is 0 Å². The van der Waals surface area contributed by atoms with Gasteiger partial charge in [-0.15, -0.1) is 0 Å². The van der Waals surface area contributed by atoms with Gasteiger partial charge in [-0.2, -0.15) is 5.26 Å². The molecule has 3 atom stereocenters. The van der Waals surface area contributed by atoms with Gasteiger partial charge in [-0.05, 0) is 61.3 Å². The van der Waals surface area contributed by atoms with Gasteiger partial charge in [0.15, 0.2) is 0 Å². The molecule has 3 rings (SSSR count). The van der Waals surface area contributed by atoms with Crippen LogP contribution in [0.2, 0.25) is 5.02 Å². The van der Waals surface area contributed by atoms with E-state index in [0.29, 0.717) is 29.1 Å². The van der Waals surface area contributed by atoms with Crippen molar-refractivity contribution in [3.8, 4) is 6.07 Å². The Morgan fingerprint density at radius 3 is 2.44 bits per heavy atom. The van der Waals surface area contributed by atoms with Crippen LogP contribution in [0.5, 0.6) is 0 Å². The third kappa shape index (κ3) is 9.21. The van der Waals surface area contributed by atoms with Crippen LogP contribution < -0.4 is 21.3 Å². The fraction of sp³-hybridized carbons (Fsp3) is 0.500. The minimum atomic E-state index is -1.21. The van der Waals surface area contributed by atoms with E-state index in [0.717, 1.165) is 12.8 Å². The van der Waals surface area contributed by atoms with E-state index in [-0.39, 0.29) is 30.2 Å². The molecular weight excluding hydrogens is 522 g/mol. The molecule has 11 heteroatoms. The maximum atomic E-state index is 13.4. The molecule has 1 aliphatic carbocycles. The number of amides is 4. The van der Waals surface area contributed by atoms with Crippen molar-refractivity contribution >= 4 is 47.1 Å². The molecule has 0 bridgehead atoms. The summed E-state index contributed by atoms with van der Waals surface area (Å²) in [4.78, 5) is 63.9. The first-order valence-corrected chi connectivity index (χ1v) is 13.3. The number of nitrogens with one attached hydrogen (secondary N) is 4. The lowest BCUT2D eigenvalue weighted by Crippen LogP contribution is -2.55. The third-order valence-electron chi connectivity index (χ3n) is 6.45. The molecule has 2 fully saturated rings. The normalized spacial score (nSPS) is 18.5. The number of benzene rings is 1. The first kappa shape index (κ1) is 29.8. The molecule has 1 aromatic carbocycles. The van der Waals surface area contributed by atoms with Crippen LogP contribution in [0.15, 0.2) is 24.3 Å². The topological polar surface area (TPSA) is 157 Å². The first-order chi connectivity index (χ1) is 18.4. The maximum absolute atomic E-state index is 13.4. The average molecular weight is 556 g/mol. The number of rotatable bonds is 11. The lowest BCUT2D eigenvalue weighted by molar-refractivity contribution is -0.141. The Bertz CT molecular complexity index is 1210. The molecular formula is C28H34ClN5O5. The molecule has 1 saturated carbocycles. The lowest BCUT2D eigenvalue weighted by Gasteiger charge is -2.28. The lowest BCUT2D eigenvalue weighted by atomic mass is 9.87. The Morgan fingerprint density at radius 2 is 1.87 bits per heavy atom. The molecule has 0 spiro atoms. The summed E-state index contributed by atoms with van der Waals surface area (Å²) in [5.41, 5.74) is 0.530. The fourth-order valence-electron chi connectivity index (χ4n) is 4.24. The van der Waals surface area contributed by atoms with Crippen LogP contribution in [-0.2, 0) is 24.0 Å². The number of carbonyl (C=O) groups is 5. The second kappa shape index (κ2) is 12.9. The van der Waals surface area contributed by atoms with Crippen LogP contribution in [0.25, 0.3) is 6.08 Å². The Balaban J connectivity index is 1.74. The molecule has 39 heavy (non-hydrogen) atoms. The highest BCUT2D eigenvalue weighted by Gasteiger charge is 2.37.